The summed E-state index contributed by atoms with van der Waals surface area (Å²) in [5.74, 6) is -2.40. The Bertz CT molecular complexity index is 1040. The van der Waals surface area contributed by atoms with Crippen LogP contribution in [0.2, 0.25) is 0 Å². The number of aromatic nitrogens is 2. The van der Waals surface area contributed by atoms with Gasteiger partial charge in [0, 0.05) is 11.5 Å². The standard InChI is InChI=1S/C17H11BrFN3O5/c18-16-13-10(15(25)14(22-16)17(26)20-7-12(23)24)5-6-11(21-13)27-9-3-1-8(19)2-4-9/h1-6,25H,7H2,(H,20,26)(H,23,24). The van der Waals surface area contributed by atoms with Gasteiger partial charge in [0.15, 0.2) is 11.4 Å². The van der Waals surface area contributed by atoms with Gasteiger partial charge in [0.05, 0.1) is 0 Å². The molecule has 8 nitrogen and oxygen atoms in total. The summed E-state index contributed by atoms with van der Waals surface area (Å²) in [6, 6.07) is 8.26. The van der Waals surface area contributed by atoms with E-state index in [4.69, 9.17) is 9.84 Å². The summed E-state index contributed by atoms with van der Waals surface area (Å²) in [6.07, 6.45) is 0. The van der Waals surface area contributed by atoms with Gasteiger partial charge in [-0.15, -0.1) is 0 Å². The zero-order valence-electron chi connectivity index (χ0n) is 13.4. The third-order valence-corrected chi connectivity index (χ3v) is 3.96. The first-order chi connectivity index (χ1) is 12.8. The average molecular weight is 436 g/mol. The number of rotatable bonds is 5. The summed E-state index contributed by atoms with van der Waals surface area (Å²) in [6.45, 7) is -0.613. The molecule has 0 spiro atoms. The van der Waals surface area contributed by atoms with E-state index in [9.17, 15) is 19.1 Å². The Morgan fingerprint density at radius 1 is 1.15 bits per heavy atom. The summed E-state index contributed by atoms with van der Waals surface area (Å²) in [7, 11) is 0. The average Bonchev–Trinajstić information content (AvgIpc) is 2.64. The van der Waals surface area contributed by atoms with Crippen molar-refractivity contribution >= 4 is 38.7 Å². The lowest BCUT2D eigenvalue weighted by molar-refractivity contribution is -0.135. The van der Waals surface area contributed by atoms with E-state index >= 15 is 0 Å². The van der Waals surface area contributed by atoms with Crippen molar-refractivity contribution in [2.75, 3.05) is 6.54 Å². The van der Waals surface area contributed by atoms with Crippen molar-refractivity contribution in [1.82, 2.24) is 15.3 Å². The molecule has 0 atom stereocenters. The van der Waals surface area contributed by atoms with Crippen molar-refractivity contribution in [2.45, 2.75) is 0 Å². The molecule has 0 radical (unpaired) electrons. The van der Waals surface area contributed by atoms with Crippen LogP contribution in [0.4, 0.5) is 4.39 Å². The highest BCUT2D eigenvalue weighted by molar-refractivity contribution is 9.10. The molecule has 0 aliphatic rings. The molecule has 0 saturated heterocycles. The molecular formula is C17H11BrFN3O5. The fourth-order valence-electron chi connectivity index (χ4n) is 2.20. The van der Waals surface area contributed by atoms with E-state index in [0.717, 1.165) is 0 Å². The molecule has 10 heteroatoms. The molecule has 3 rings (SSSR count). The number of carboxylic acids is 1. The minimum atomic E-state index is -1.23. The van der Waals surface area contributed by atoms with Gasteiger partial charge in [-0.2, -0.15) is 0 Å². The Morgan fingerprint density at radius 3 is 2.52 bits per heavy atom. The van der Waals surface area contributed by atoms with Crippen molar-refractivity contribution in [3.8, 4) is 17.4 Å². The van der Waals surface area contributed by atoms with Gasteiger partial charge >= 0.3 is 5.97 Å². The number of nitrogens with one attached hydrogen (secondary N) is 1. The van der Waals surface area contributed by atoms with Gasteiger partial charge in [-0.25, -0.2) is 14.4 Å². The van der Waals surface area contributed by atoms with Gasteiger partial charge in [-0.05, 0) is 46.3 Å². The van der Waals surface area contributed by atoms with Gasteiger partial charge in [-0.1, -0.05) is 0 Å². The molecule has 2 aromatic heterocycles. The Labute approximate surface area is 159 Å². The topological polar surface area (TPSA) is 122 Å². The number of carbonyl (C=O) groups excluding carboxylic acids is 1. The van der Waals surface area contributed by atoms with Crippen LogP contribution in [0, 0.1) is 5.82 Å². The summed E-state index contributed by atoms with van der Waals surface area (Å²) < 4.78 is 18.6. The van der Waals surface area contributed by atoms with Crippen molar-refractivity contribution in [1.29, 1.82) is 0 Å². The van der Waals surface area contributed by atoms with E-state index in [0.29, 0.717) is 5.75 Å². The monoisotopic (exact) mass is 435 g/mol. The number of hydrogen-bond acceptors (Lipinski definition) is 6. The molecule has 0 unspecified atom stereocenters. The lowest BCUT2D eigenvalue weighted by atomic mass is 10.2. The molecule has 2 heterocycles. The van der Waals surface area contributed by atoms with Crippen LogP contribution in [0.5, 0.6) is 17.4 Å². The number of amides is 1. The number of nitrogens with zero attached hydrogens (tertiary/aromatic N) is 2. The van der Waals surface area contributed by atoms with Crippen LogP contribution < -0.4 is 10.1 Å². The third kappa shape index (κ3) is 4.11. The molecule has 0 fully saturated rings. The molecule has 3 N–H and O–H groups in total. The summed E-state index contributed by atoms with van der Waals surface area (Å²) in [4.78, 5) is 30.7. The molecule has 0 saturated carbocycles. The molecule has 138 valence electrons. The number of ether oxygens (including phenoxy) is 1. The number of halogens is 2. The molecule has 0 bridgehead atoms. The van der Waals surface area contributed by atoms with Gasteiger partial charge < -0.3 is 20.3 Å². The second-order valence-corrected chi connectivity index (χ2v) is 6.03. The molecule has 0 aliphatic carbocycles. The van der Waals surface area contributed by atoms with Gasteiger partial charge in [-0.3, -0.25) is 9.59 Å². The quantitative estimate of drug-likeness (QED) is 0.526. The maximum atomic E-state index is 13.0. The van der Waals surface area contributed by atoms with Crippen molar-refractivity contribution in [3.05, 3.63) is 52.5 Å². The lowest BCUT2D eigenvalue weighted by Gasteiger charge is -2.10. The summed E-state index contributed by atoms with van der Waals surface area (Å²) in [5, 5.41) is 21.3. The maximum absolute atomic E-state index is 13.0. The second kappa shape index (κ2) is 7.54. The Kier molecular flexibility index (Phi) is 5.17. The molecular weight excluding hydrogens is 425 g/mol. The number of aromatic hydroxyl groups is 1. The molecule has 1 aromatic carbocycles. The van der Waals surface area contributed by atoms with Crippen LogP contribution in [-0.4, -0.2) is 38.6 Å². The van der Waals surface area contributed by atoms with E-state index in [-0.39, 0.29) is 27.1 Å². The van der Waals surface area contributed by atoms with Gasteiger partial charge in [0.2, 0.25) is 5.88 Å². The normalized spacial score (nSPS) is 10.6. The molecule has 27 heavy (non-hydrogen) atoms. The molecule has 3 aromatic rings. The maximum Gasteiger partial charge on any atom is 0.322 e. The van der Waals surface area contributed by atoms with Crippen LogP contribution in [0.15, 0.2) is 41.0 Å². The minimum absolute atomic E-state index is 0.153. The zero-order valence-corrected chi connectivity index (χ0v) is 15.0. The van der Waals surface area contributed by atoms with Crippen molar-refractivity contribution in [3.63, 3.8) is 0 Å². The number of benzene rings is 1. The van der Waals surface area contributed by atoms with Gasteiger partial charge in [0.25, 0.3) is 5.91 Å². The van der Waals surface area contributed by atoms with Crippen LogP contribution in [-0.2, 0) is 4.79 Å². The van der Waals surface area contributed by atoms with Crippen LogP contribution in [0.25, 0.3) is 10.9 Å². The Morgan fingerprint density at radius 2 is 1.85 bits per heavy atom. The number of carboxylic acid groups (broad SMARTS) is 1. The number of hydrogen-bond donors (Lipinski definition) is 3. The van der Waals surface area contributed by atoms with Crippen LogP contribution in [0.1, 0.15) is 10.5 Å². The fourth-order valence-corrected chi connectivity index (χ4v) is 2.68. The van der Waals surface area contributed by atoms with Crippen molar-refractivity contribution in [2.24, 2.45) is 0 Å². The zero-order chi connectivity index (χ0) is 19.6. The number of aliphatic carboxylic acids is 1. The van der Waals surface area contributed by atoms with Crippen LogP contribution >= 0.6 is 15.9 Å². The van der Waals surface area contributed by atoms with E-state index in [1.807, 2.05) is 0 Å². The fraction of sp³-hybridized carbons (Fsp3) is 0.0588. The Balaban J connectivity index is 1.94. The van der Waals surface area contributed by atoms with E-state index in [1.54, 1.807) is 0 Å². The SMILES string of the molecule is O=C(O)CNC(=O)c1nc(Br)c2nc(Oc3ccc(F)cc3)ccc2c1O. The minimum Gasteiger partial charge on any atom is -0.505 e. The number of carbonyl (C=O) groups is 2. The van der Waals surface area contributed by atoms with E-state index in [2.05, 4.69) is 31.2 Å². The summed E-state index contributed by atoms with van der Waals surface area (Å²) >= 11 is 3.17. The lowest BCUT2D eigenvalue weighted by Crippen LogP contribution is -2.30. The Hall–Kier alpha value is -3.27. The highest BCUT2D eigenvalue weighted by atomic mass is 79.9. The highest BCUT2D eigenvalue weighted by Crippen LogP contribution is 2.33. The predicted octanol–water partition coefficient (Wildman–Crippen LogP) is 2.84. The van der Waals surface area contributed by atoms with E-state index < -0.39 is 30.0 Å². The predicted molar refractivity (Wildman–Crippen MR) is 95.3 cm³/mol. The largest absolute Gasteiger partial charge is 0.505 e. The van der Waals surface area contributed by atoms with E-state index in [1.165, 1.54) is 36.4 Å². The second-order valence-electron chi connectivity index (χ2n) is 5.28. The van der Waals surface area contributed by atoms with Crippen molar-refractivity contribution < 1.29 is 28.9 Å². The highest BCUT2D eigenvalue weighted by Gasteiger charge is 2.20. The molecule has 0 aliphatic heterocycles. The number of pyridine rings is 2. The first-order valence-corrected chi connectivity index (χ1v) is 8.27. The number of fused-ring (bicyclic) bond motifs is 1. The van der Waals surface area contributed by atoms with Gasteiger partial charge in [0.1, 0.15) is 28.2 Å². The van der Waals surface area contributed by atoms with Crippen LogP contribution in [0.3, 0.4) is 0 Å². The molecule has 1 amide bonds. The smallest absolute Gasteiger partial charge is 0.322 e. The summed E-state index contributed by atoms with van der Waals surface area (Å²) in [5.41, 5.74) is -0.119. The first-order valence-electron chi connectivity index (χ1n) is 7.48. The first kappa shape index (κ1) is 18.5. The third-order valence-electron chi connectivity index (χ3n) is 3.41.